The van der Waals surface area contributed by atoms with Crippen LogP contribution in [-0.4, -0.2) is 0 Å². The summed E-state index contributed by atoms with van der Waals surface area (Å²) in [6.45, 7) is 3.89. The number of nitriles is 4. The number of hydrogen-bond acceptors (Lipinski definition) is 4. The summed E-state index contributed by atoms with van der Waals surface area (Å²) in [6, 6.07) is 20.1. The highest BCUT2D eigenvalue weighted by atomic mass is 14.3. The van der Waals surface area contributed by atoms with Gasteiger partial charge in [-0.1, -0.05) is 24.3 Å². The van der Waals surface area contributed by atoms with Crippen molar-refractivity contribution in [1.82, 2.24) is 0 Å². The lowest BCUT2D eigenvalue weighted by Gasteiger charge is -2.19. The van der Waals surface area contributed by atoms with Crippen molar-refractivity contribution in [2.45, 2.75) is 13.8 Å². The minimum atomic E-state index is 0.362. The van der Waals surface area contributed by atoms with E-state index in [9.17, 15) is 21.0 Å². The molecule has 4 heteroatoms. The molecule has 0 radical (unpaired) electrons. The molecule has 0 unspecified atom stereocenters. The van der Waals surface area contributed by atoms with Crippen LogP contribution in [0.5, 0.6) is 0 Å². The van der Waals surface area contributed by atoms with E-state index < -0.39 is 0 Å². The maximum absolute atomic E-state index is 9.94. The van der Waals surface area contributed by atoms with Gasteiger partial charge in [0.05, 0.1) is 46.5 Å². The van der Waals surface area contributed by atoms with Crippen LogP contribution in [0.15, 0.2) is 36.4 Å². The van der Waals surface area contributed by atoms with Gasteiger partial charge in [-0.15, -0.1) is 0 Å². The van der Waals surface area contributed by atoms with E-state index in [1.54, 1.807) is 12.1 Å². The van der Waals surface area contributed by atoms with E-state index in [-0.39, 0.29) is 0 Å². The number of fused-ring (bicyclic) bond motifs is 2. The average Bonchev–Trinajstić information content (AvgIpc) is 2.77. The zero-order valence-electron chi connectivity index (χ0n) is 16.3. The molecular formula is C26H12N4. The number of rotatable bonds is 0. The van der Waals surface area contributed by atoms with Gasteiger partial charge in [0.25, 0.3) is 0 Å². The summed E-state index contributed by atoms with van der Waals surface area (Å²) >= 11 is 0. The Hall–Kier alpha value is -4.64. The molecule has 0 N–H and O–H groups in total. The van der Waals surface area contributed by atoms with Gasteiger partial charge in [0.15, 0.2) is 0 Å². The lowest BCUT2D eigenvalue weighted by molar-refractivity contribution is 1.46. The molecule has 0 spiro atoms. The van der Waals surface area contributed by atoms with Gasteiger partial charge in [-0.05, 0) is 47.9 Å². The van der Waals surface area contributed by atoms with Crippen LogP contribution in [0.2, 0.25) is 0 Å². The van der Waals surface area contributed by atoms with Crippen LogP contribution in [0.1, 0.15) is 33.4 Å². The Morgan fingerprint density at radius 2 is 0.800 bits per heavy atom. The van der Waals surface area contributed by atoms with Crippen LogP contribution < -0.4 is 0 Å². The van der Waals surface area contributed by atoms with E-state index in [4.69, 9.17) is 0 Å². The molecule has 136 valence electrons. The third-order valence-electron chi connectivity index (χ3n) is 6.00. The molecule has 5 aromatic carbocycles. The van der Waals surface area contributed by atoms with Crippen molar-refractivity contribution >= 4 is 43.1 Å². The number of hydrogen-bond donors (Lipinski definition) is 0. The van der Waals surface area contributed by atoms with Gasteiger partial charge in [-0.25, -0.2) is 0 Å². The van der Waals surface area contributed by atoms with Gasteiger partial charge in [-0.2, -0.15) is 21.0 Å². The summed E-state index contributed by atoms with van der Waals surface area (Å²) in [6.07, 6.45) is 0. The Balaban J connectivity index is 2.34. The number of nitrogens with zero attached hydrogens (tertiary/aromatic N) is 4. The van der Waals surface area contributed by atoms with E-state index in [1.165, 1.54) is 0 Å². The van der Waals surface area contributed by atoms with Gasteiger partial charge < -0.3 is 0 Å². The summed E-state index contributed by atoms with van der Waals surface area (Å²) in [5, 5.41) is 45.8. The van der Waals surface area contributed by atoms with Crippen LogP contribution in [0.25, 0.3) is 43.1 Å². The predicted molar refractivity (Wildman–Crippen MR) is 116 cm³/mol. The molecule has 30 heavy (non-hydrogen) atoms. The highest BCUT2D eigenvalue weighted by Crippen LogP contribution is 2.46. The average molecular weight is 380 g/mol. The van der Waals surface area contributed by atoms with Crippen molar-refractivity contribution in [3.63, 3.8) is 0 Å². The van der Waals surface area contributed by atoms with Crippen LogP contribution >= 0.6 is 0 Å². The quantitative estimate of drug-likeness (QED) is 0.249. The van der Waals surface area contributed by atoms with Gasteiger partial charge in [0.2, 0.25) is 0 Å². The summed E-state index contributed by atoms with van der Waals surface area (Å²) in [5.41, 5.74) is 3.50. The van der Waals surface area contributed by atoms with Crippen molar-refractivity contribution in [3.8, 4) is 24.3 Å². The zero-order chi connectivity index (χ0) is 21.2. The smallest absolute Gasteiger partial charge is 0.0998 e. The summed E-state index contributed by atoms with van der Waals surface area (Å²) < 4.78 is 0. The minimum absolute atomic E-state index is 0.362. The highest BCUT2D eigenvalue weighted by molar-refractivity contribution is 6.36. The molecule has 0 heterocycles. The van der Waals surface area contributed by atoms with Crippen molar-refractivity contribution in [1.29, 1.82) is 21.0 Å². The van der Waals surface area contributed by atoms with E-state index in [1.807, 2.05) is 38.1 Å². The van der Waals surface area contributed by atoms with Crippen molar-refractivity contribution in [2.75, 3.05) is 0 Å². The second-order valence-electron chi connectivity index (χ2n) is 7.50. The molecule has 0 aromatic heterocycles. The summed E-state index contributed by atoms with van der Waals surface area (Å²) in [4.78, 5) is 0. The van der Waals surface area contributed by atoms with Crippen LogP contribution in [0.3, 0.4) is 0 Å². The predicted octanol–water partition coefficient (Wildman–Crippen LogP) is 5.84. The fourth-order valence-corrected chi connectivity index (χ4v) is 4.79. The molecule has 0 saturated heterocycles. The molecule has 0 bridgehead atoms. The second-order valence-corrected chi connectivity index (χ2v) is 7.50. The van der Waals surface area contributed by atoms with Gasteiger partial charge in [-0.3, -0.25) is 0 Å². The molecular weight excluding hydrogens is 368 g/mol. The standard InChI is InChI=1S/C26H12N4/c1-13-3-5-19-20-6-4-14(2)22-16(10-28)8-18(12-30)24(26(20)22)23-17(11-29)7-15(9-27)21(13)25(19)23/h3-8H,1-2H3. The SMILES string of the molecule is Cc1ccc2c3ccc(C)c4c(C#N)cc(C#N)c(c5c(C#N)cc(C#N)c1c25)c43. The minimum Gasteiger partial charge on any atom is -0.192 e. The van der Waals surface area contributed by atoms with Crippen LogP contribution in [0, 0.1) is 59.2 Å². The zero-order valence-corrected chi connectivity index (χ0v) is 16.3. The lowest BCUT2D eigenvalue weighted by Crippen LogP contribution is -1.98. The molecule has 5 aromatic rings. The Kier molecular flexibility index (Phi) is 3.45. The summed E-state index contributed by atoms with van der Waals surface area (Å²) in [7, 11) is 0. The molecule has 0 amide bonds. The summed E-state index contributed by atoms with van der Waals surface area (Å²) in [5.74, 6) is 0. The lowest BCUT2D eigenvalue weighted by atomic mass is 9.82. The van der Waals surface area contributed by atoms with E-state index in [0.717, 1.165) is 43.4 Å². The Morgan fingerprint density at radius 3 is 1.13 bits per heavy atom. The molecule has 0 atom stereocenters. The third kappa shape index (κ3) is 1.95. The van der Waals surface area contributed by atoms with E-state index in [0.29, 0.717) is 33.0 Å². The molecule has 5 rings (SSSR count). The maximum Gasteiger partial charge on any atom is 0.0998 e. The first-order valence-corrected chi connectivity index (χ1v) is 9.37. The Bertz CT molecular complexity index is 1610. The fraction of sp³-hybridized carbons (Fsp3) is 0.0769. The number of aryl methyl sites for hydroxylation is 2. The van der Waals surface area contributed by atoms with Gasteiger partial charge in [0, 0.05) is 32.3 Å². The normalized spacial score (nSPS) is 10.9. The van der Waals surface area contributed by atoms with E-state index >= 15 is 0 Å². The van der Waals surface area contributed by atoms with E-state index in [2.05, 4.69) is 24.3 Å². The largest absolute Gasteiger partial charge is 0.192 e. The Labute approximate surface area is 172 Å². The van der Waals surface area contributed by atoms with Gasteiger partial charge >= 0.3 is 0 Å². The molecule has 0 aliphatic rings. The van der Waals surface area contributed by atoms with Crippen molar-refractivity contribution in [2.24, 2.45) is 0 Å². The third-order valence-corrected chi connectivity index (χ3v) is 6.00. The molecule has 0 saturated carbocycles. The van der Waals surface area contributed by atoms with Crippen molar-refractivity contribution < 1.29 is 0 Å². The van der Waals surface area contributed by atoms with Crippen molar-refractivity contribution in [3.05, 3.63) is 69.8 Å². The molecule has 0 aliphatic carbocycles. The van der Waals surface area contributed by atoms with Gasteiger partial charge in [0.1, 0.15) is 0 Å². The first-order valence-electron chi connectivity index (χ1n) is 9.37. The van der Waals surface area contributed by atoms with Crippen LogP contribution in [-0.2, 0) is 0 Å². The topological polar surface area (TPSA) is 95.2 Å². The maximum atomic E-state index is 9.94. The first kappa shape index (κ1) is 17.5. The molecule has 4 nitrogen and oxygen atoms in total. The Morgan fingerprint density at radius 1 is 0.467 bits per heavy atom. The molecule has 0 aliphatic heterocycles. The monoisotopic (exact) mass is 380 g/mol. The number of benzene rings is 5. The fourth-order valence-electron chi connectivity index (χ4n) is 4.79. The van der Waals surface area contributed by atoms with Crippen LogP contribution in [0.4, 0.5) is 0 Å². The first-order chi connectivity index (χ1) is 14.5. The highest BCUT2D eigenvalue weighted by Gasteiger charge is 2.23. The molecule has 0 fully saturated rings. The second kappa shape index (κ2) is 5.93.